The highest BCUT2D eigenvalue weighted by atomic mass is 15.2. The van der Waals surface area contributed by atoms with Crippen LogP contribution in [0.2, 0.25) is 0 Å². The first kappa shape index (κ1) is 14.4. The van der Waals surface area contributed by atoms with Crippen LogP contribution in [0.15, 0.2) is 18.7 Å². The van der Waals surface area contributed by atoms with Crippen molar-refractivity contribution in [2.45, 2.75) is 45.1 Å². The lowest BCUT2D eigenvalue weighted by molar-refractivity contribution is 0.521. The van der Waals surface area contributed by atoms with Gasteiger partial charge in [0.2, 0.25) is 0 Å². The summed E-state index contributed by atoms with van der Waals surface area (Å²) in [6, 6.07) is 2.47. The largest absolute Gasteiger partial charge is 0.367 e. The molecule has 0 amide bonds. The number of aromatic nitrogens is 4. The molecule has 2 aliphatic rings. The van der Waals surface area contributed by atoms with Gasteiger partial charge < -0.3 is 10.2 Å². The molecule has 3 heterocycles. The summed E-state index contributed by atoms with van der Waals surface area (Å²) in [5.41, 5.74) is 3.63. The highest BCUT2D eigenvalue weighted by Gasteiger charge is 2.25. The first-order valence-corrected chi connectivity index (χ1v) is 8.42. The molecular formula is C17H22N6. The maximum absolute atomic E-state index is 4.57. The number of nitrogens with one attached hydrogen (secondary N) is 1. The molecule has 0 unspecified atom stereocenters. The third-order valence-electron chi connectivity index (χ3n) is 4.80. The number of nitrogens with zero attached hydrogens (tertiary/aromatic N) is 5. The summed E-state index contributed by atoms with van der Waals surface area (Å²) in [6.07, 6.45) is 9.00. The van der Waals surface area contributed by atoms with Crippen LogP contribution in [0, 0.1) is 6.92 Å². The Morgan fingerprint density at radius 3 is 2.70 bits per heavy atom. The van der Waals surface area contributed by atoms with Crippen molar-refractivity contribution >= 4 is 11.6 Å². The van der Waals surface area contributed by atoms with Crippen molar-refractivity contribution in [1.29, 1.82) is 0 Å². The number of anilines is 2. The van der Waals surface area contributed by atoms with Crippen LogP contribution in [-0.2, 0) is 12.8 Å². The number of fused-ring (bicyclic) bond motifs is 1. The van der Waals surface area contributed by atoms with Crippen molar-refractivity contribution in [3.8, 4) is 0 Å². The fourth-order valence-corrected chi connectivity index (χ4v) is 3.59. The Morgan fingerprint density at radius 2 is 1.87 bits per heavy atom. The first-order chi connectivity index (χ1) is 11.3. The number of hydrogen-bond acceptors (Lipinski definition) is 6. The number of rotatable bonds is 3. The van der Waals surface area contributed by atoms with Gasteiger partial charge in [-0.2, -0.15) is 0 Å². The van der Waals surface area contributed by atoms with Gasteiger partial charge in [0.1, 0.15) is 24.3 Å². The fraction of sp³-hybridized carbons (Fsp3) is 0.529. The van der Waals surface area contributed by atoms with Crippen molar-refractivity contribution in [2.24, 2.45) is 0 Å². The molecule has 0 aromatic carbocycles. The summed E-state index contributed by atoms with van der Waals surface area (Å²) in [4.78, 5) is 19.9. The number of aryl methyl sites for hydroxylation is 2. The molecule has 23 heavy (non-hydrogen) atoms. The molecule has 2 aromatic rings. The molecule has 2 aromatic heterocycles. The number of hydrogen-bond donors (Lipinski definition) is 1. The topological polar surface area (TPSA) is 66.8 Å². The summed E-state index contributed by atoms with van der Waals surface area (Å²) in [5.74, 6) is 2.10. The lowest BCUT2D eigenvalue weighted by atomic mass is 10.0. The molecule has 120 valence electrons. The Kier molecular flexibility index (Phi) is 3.81. The monoisotopic (exact) mass is 310 g/mol. The van der Waals surface area contributed by atoms with Gasteiger partial charge in [-0.1, -0.05) is 0 Å². The van der Waals surface area contributed by atoms with E-state index in [1.807, 2.05) is 13.0 Å². The smallest absolute Gasteiger partial charge is 0.135 e. The van der Waals surface area contributed by atoms with Crippen LogP contribution in [0.3, 0.4) is 0 Å². The van der Waals surface area contributed by atoms with E-state index in [1.54, 1.807) is 12.7 Å². The summed E-state index contributed by atoms with van der Waals surface area (Å²) in [5, 5.41) is 3.54. The third-order valence-corrected chi connectivity index (χ3v) is 4.80. The SMILES string of the molecule is Cc1cc(NC2CCN(c3ncnc4c3CCC4)CC2)ncn1. The Bertz CT molecular complexity index is 693. The molecule has 6 nitrogen and oxygen atoms in total. The minimum Gasteiger partial charge on any atom is -0.367 e. The predicted molar refractivity (Wildman–Crippen MR) is 89.7 cm³/mol. The van der Waals surface area contributed by atoms with Crippen molar-refractivity contribution in [2.75, 3.05) is 23.3 Å². The van der Waals surface area contributed by atoms with Crippen LogP contribution in [0.25, 0.3) is 0 Å². The molecule has 1 fully saturated rings. The molecule has 0 spiro atoms. The van der Waals surface area contributed by atoms with Crippen LogP contribution in [0.1, 0.15) is 36.2 Å². The lowest BCUT2D eigenvalue weighted by Gasteiger charge is -2.34. The normalized spacial score (nSPS) is 18.0. The van der Waals surface area contributed by atoms with Gasteiger partial charge in [-0.25, -0.2) is 19.9 Å². The van der Waals surface area contributed by atoms with Crippen LogP contribution in [0.4, 0.5) is 11.6 Å². The maximum atomic E-state index is 4.57. The first-order valence-electron chi connectivity index (χ1n) is 8.42. The molecular weight excluding hydrogens is 288 g/mol. The molecule has 1 saturated heterocycles. The second-order valence-electron chi connectivity index (χ2n) is 6.43. The summed E-state index contributed by atoms with van der Waals surface area (Å²) >= 11 is 0. The maximum Gasteiger partial charge on any atom is 0.135 e. The Hall–Kier alpha value is -2.24. The minimum absolute atomic E-state index is 0.468. The predicted octanol–water partition coefficient (Wildman–Crippen LogP) is 2.14. The van der Waals surface area contributed by atoms with E-state index in [1.165, 1.54) is 23.5 Å². The second kappa shape index (κ2) is 6.10. The average Bonchev–Trinajstić information content (AvgIpc) is 3.04. The molecule has 0 bridgehead atoms. The van der Waals surface area contributed by atoms with Gasteiger partial charge in [-0.05, 0) is 39.0 Å². The van der Waals surface area contributed by atoms with Gasteiger partial charge in [-0.15, -0.1) is 0 Å². The van der Waals surface area contributed by atoms with E-state index < -0.39 is 0 Å². The zero-order chi connectivity index (χ0) is 15.6. The summed E-state index contributed by atoms with van der Waals surface area (Å²) in [6.45, 7) is 4.06. The fourth-order valence-electron chi connectivity index (χ4n) is 3.59. The van der Waals surface area contributed by atoms with E-state index in [0.717, 1.165) is 50.3 Å². The molecule has 1 N–H and O–H groups in total. The lowest BCUT2D eigenvalue weighted by Crippen LogP contribution is -2.40. The van der Waals surface area contributed by atoms with Gasteiger partial charge in [0.25, 0.3) is 0 Å². The van der Waals surface area contributed by atoms with Gasteiger partial charge >= 0.3 is 0 Å². The second-order valence-corrected chi connectivity index (χ2v) is 6.43. The Morgan fingerprint density at radius 1 is 1.04 bits per heavy atom. The standard InChI is InChI=1S/C17H22N6/c1-12-9-16(20-10-18-12)22-13-5-7-23(8-6-13)17-14-3-2-4-15(14)19-11-21-17/h9-11,13H,2-8H2,1H3,(H,18,20,22). The zero-order valence-electron chi connectivity index (χ0n) is 13.5. The van der Waals surface area contributed by atoms with E-state index in [0.29, 0.717) is 6.04 Å². The Labute approximate surface area is 136 Å². The highest BCUT2D eigenvalue weighted by molar-refractivity contribution is 5.51. The van der Waals surface area contributed by atoms with Gasteiger partial charge in [0.15, 0.2) is 0 Å². The highest BCUT2D eigenvalue weighted by Crippen LogP contribution is 2.29. The minimum atomic E-state index is 0.468. The van der Waals surface area contributed by atoms with Gasteiger partial charge in [-0.3, -0.25) is 0 Å². The number of piperidine rings is 1. The van der Waals surface area contributed by atoms with Gasteiger partial charge in [0, 0.05) is 42.1 Å². The average molecular weight is 310 g/mol. The van der Waals surface area contributed by atoms with E-state index >= 15 is 0 Å². The molecule has 1 aliphatic heterocycles. The van der Waals surface area contributed by atoms with Crippen molar-refractivity contribution in [3.05, 3.63) is 35.7 Å². The molecule has 1 aliphatic carbocycles. The van der Waals surface area contributed by atoms with E-state index in [2.05, 4.69) is 30.2 Å². The van der Waals surface area contributed by atoms with Crippen LogP contribution in [-0.4, -0.2) is 39.1 Å². The van der Waals surface area contributed by atoms with Crippen molar-refractivity contribution in [1.82, 2.24) is 19.9 Å². The molecule has 0 radical (unpaired) electrons. The summed E-state index contributed by atoms with van der Waals surface area (Å²) < 4.78 is 0. The molecule has 4 rings (SSSR count). The quantitative estimate of drug-likeness (QED) is 0.937. The van der Waals surface area contributed by atoms with Crippen molar-refractivity contribution in [3.63, 3.8) is 0 Å². The van der Waals surface area contributed by atoms with Crippen LogP contribution >= 0.6 is 0 Å². The van der Waals surface area contributed by atoms with Crippen molar-refractivity contribution < 1.29 is 0 Å². The van der Waals surface area contributed by atoms with E-state index in [4.69, 9.17) is 0 Å². The summed E-state index contributed by atoms with van der Waals surface area (Å²) in [7, 11) is 0. The molecule has 6 heteroatoms. The third kappa shape index (κ3) is 2.98. The van der Waals surface area contributed by atoms with E-state index in [9.17, 15) is 0 Å². The Balaban J connectivity index is 1.41. The van der Waals surface area contributed by atoms with E-state index in [-0.39, 0.29) is 0 Å². The van der Waals surface area contributed by atoms with Crippen LogP contribution in [0.5, 0.6) is 0 Å². The molecule has 0 saturated carbocycles. The molecule has 0 atom stereocenters. The van der Waals surface area contributed by atoms with Crippen LogP contribution < -0.4 is 10.2 Å². The van der Waals surface area contributed by atoms with Gasteiger partial charge in [0.05, 0.1) is 0 Å². The zero-order valence-corrected chi connectivity index (χ0v) is 13.5.